The fourth-order valence-corrected chi connectivity index (χ4v) is 6.17. The van der Waals surface area contributed by atoms with Crippen LogP contribution in [0.15, 0.2) is 60.7 Å². The van der Waals surface area contributed by atoms with Crippen molar-refractivity contribution in [3.8, 4) is 16.9 Å². The molecule has 2 amide bonds. The van der Waals surface area contributed by atoms with Gasteiger partial charge < -0.3 is 24.8 Å². The molecule has 8 heteroatoms. The predicted molar refractivity (Wildman–Crippen MR) is 165 cm³/mol. The third-order valence-corrected chi connectivity index (χ3v) is 8.64. The molecular formula is C35H40N2O6. The summed E-state index contributed by atoms with van der Waals surface area (Å²) in [4.78, 5) is 39.0. The van der Waals surface area contributed by atoms with E-state index in [9.17, 15) is 19.5 Å². The number of nitrogens with one attached hydrogen (secondary N) is 1. The zero-order chi connectivity index (χ0) is 30.3. The minimum atomic E-state index is -0.885. The molecule has 5 rings (SSSR count). The van der Waals surface area contributed by atoms with Crippen LogP contribution >= 0.6 is 0 Å². The lowest BCUT2D eigenvalue weighted by Gasteiger charge is -2.31. The second-order valence-corrected chi connectivity index (χ2v) is 11.5. The number of nitrogens with zero attached hydrogens (tertiary/aromatic N) is 1. The van der Waals surface area contributed by atoms with E-state index in [4.69, 9.17) is 9.47 Å². The highest BCUT2D eigenvalue weighted by Gasteiger charge is 2.34. The van der Waals surface area contributed by atoms with E-state index in [2.05, 4.69) is 24.4 Å². The average Bonchev–Trinajstić information content (AvgIpc) is 3.48. The summed E-state index contributed by atoms with van der Waals surface area (Å²) in [5, 5.41) is 12.1. The van der Waals surface area contributed by atoms with E-state index in [1.54, 1.807) is 0 Å². The topological polar surface area (TPSA) is 105 Å². The van der Waals surface area contributed by atoms with Gasteiger partial charge in [-0.25, -0.2) is 4.79 Å². The number of hydrogen-bond acceptors (Lipinski definition) is 5. The number of carbonyl (C=O) groups excluding carboxylic acids is 2. The molecule has 3 aromatic rings. The molecule has 1 aliphatic heterocycles. The number of ether oxygens (including phenoxy) is 2. The largest absolute Gasteiger partial charge is 0.493 e. The summed E-state index contributed by atoms with van der Waals surface area (Å²) in [6.07, 6.45) is 4.19. The molecule has 2 aliphatic rings. The number of anilines is 1. The van der Waals surface area contributed by atoms with Crippen molar-refractivity contribution in [1.29, 1.82) is 0 Å². The van der Waals surface area contributed by atoms with Gasteiger partial charge in [0.2, 0.25) is 5.91 Å². The normalized spacial score (nSPS) is 17.7. The summed E-state index contributed by atoms with van der Waals surface area (Å²) in [5.41, 5.74) is 7.31. The second-order valence-electron chi connectivity index (χ2n) is 11.5. The van der Waals surface area contributed by atoms with E-state index >= 15 is 0 Å². The zero-order valence-corrected chi connectivity index (χ0v) is 24.9. The Balaban J connectivity index is 1.20. The zero-order valence-electron chi connectivity index (χ0n) is 24.9. The van der Waals surface area contributed by atoms with Gasteiger partial charge in [0.15, 0.2) is 0 Å². The molecule has 2 N–H and O–H groups in total. The maximum absolute atomic E-state index is 13.3. The number of carboxylic acid groups (broad SMARTS) is 1. The Bertz CT molecular complexity index is 1480. The maximum Gasteiger partial charge on any atom is 0.407 e. The molecule has 0 unspecified atom stereocenters. The van der Waals surface area contributed by atoms with E-state index < -0.39 is 24.0 Å². The number of rotatable bonds is 10. The number of carbonyl (C=O) groups is 3. The predicted octanol–water partition coefficient (Wildman–Crippen LogP) is 6.59. The second kappa shape index (κ2) is 13.8. The lowest BCUT2D eigenvalue weighted by molar-refractivity contribution is -0.142. The summed E-state index contributed by atoms with van der Waals surface area (Å²) in [5.74, 6) is -0.482. The first-order valence-electron chi connectivity index (χ1n) is 15.2. The van der Waals surface area contributed by atoms with Crippen molar-refractivity contribution in [2.75, 3.05) is 18.1 Å². The fraction of sp³-hybridized carbons (Fsp3) is 0.400. The fourth-order valence-electron chi connectivity index (χ4n) is 6.17. The molecule has 8 nitrogen and oxygen atoms in total. The van der Waals surface area contributed by atoms with E-state index in [1.165, 1.54) is 5.56 Å². The molecule has 226 valence electrons. The van der Waals surface area contributed by atoms with Gasteiger partial charge in [0.1, 0.15) is 12.4 Å². The lowest BCUT2D eigenvalue weighted by atomic mass is 9.91. The highest BCUT2D eigenvalue weighted by atomic mass is 16.5. The van der Waals surface area contributed by atoms with Gasteiger partial charge in [0.05, 0.1) is 12.5 Å². The highest BCUT2D eigenvalue weighted by Crippen LogP contribution is 2.36. The molecule has 0 saturated heterocycles. The van der Waals surface area contributed by atoms with Crippen LogP contribution in [0.1, 0.15) is 60.8 Å². The van der Waals surface area contributed by atoms with Gasteiger partial charge in [-0.2, -0.15) is 0 Å². The Kier molecular flexibility index (Phi) is 9.65. The summed E-state index contributed by atoms with van der Waals surface area (Å²) in [6.45, 7) is 5.37. The van der Waals surface area contributed by atoms with Gasteiger partial charge in [0, 0.05) is 24.7 Å². The Morgan fingerprint density at radius 2 is 1.81 bits per heavy atom. The minimum absolute atomic E-state index is 0.0773. The van der Waals surface area contributed by atoms with Gasteiger partial charge >= 0.3 is 12.1 Å². The van der Waals surface area contributed by atoms with E-state index in [0.717, 1.165) is 58.5 Å². The number of amides is 2. The summed E-state index contributed by atoms with van der Waals surface area (Å²) < 4.78 is 11.4. The molecule has 3 aromatic carbocycles. The Morgan fingerprint density at radius 3 is 2.65 bits per heavy atom. The molecule has 1 fully saturated rings. The van der Waals surface area contributed by atoms with Crippen LogP contribution in [-0.4, -0.2) is 42.3 Å². The number of aliphatic carboxylic acids is 1. The lowest BCUT2D eigenvalue weighted by Crippen LogP contribution is -2.40. The van der Waals surface area contributed by atoms with E-state index in [-0.39, 0.29) is 12.5 Å². The van der Waals surface area contributed by atoms with Crippen LogP contribution in [0, 0.1) is 19.8 Å². The number of hydrogen-bond donors (Lipinski definition) is 2. The van der Waals surface area contributed by atoms with Crippen molar-refractivity contribution in [1.82, 2.24) is 5.32 Å². The van der Waals surface area contributed by atoms with E-state index in [0.29, 0.717) is 38.8 Å². The molecule has 0 radical (unpaired) electrons. The van der Waals surface area contributed by atoms with Crippen molar-refractivity contribution in [3.05, 3.63) is 82.9 Å². The van der Waals surface area contributed by atoms with E-state index in [1.807, 2.05) is 60.4 Å². The van der Waals surface area contributed by atoms with Gasteiger partial charge in [-0.1, -0.05) is 48.9 Å². The smallest absolute Gasteiger partial charge is 0.407 e. The number of alkyl carbamates (subject to hydrolysis) is 1. The van der Waals surface area contributed by atoms with Crippen LogP contribution in [0.2, 0.25) is 0 Å². The molecule has 0 aromatic heterocycles. The maximum atomic E-state index is 13.3. The average molecular weight is 585 g/mol. The number of benzene rings is 3. The van der Waals surface area contributed by atoms with Gasteiger partial charge in [-0.05, 0) is 97.5 Å². The van der Waals surface area contributed by atoms with Crippen molar-refractivity contribution >= 4 is 23.7 Å². The first-order valence-corrected chi connectivity index (χ1v) is 15.2. The quantitative estimate of drug-likeness (QED) is 0.261. The molecular weight excluding hydrogens is 544 g/mol. The Morgan fingerprint density at radius 1 is 1.00 bits per heavy atom. The van der Waals surface area contributed by atoms with Crippen LogP contribution < -0.4 is 15.0 Å². The minimum Gasteiger partial charge on any atom is -0.493 e. The first kappa shape index (κ1) is 30.1. The molecule has 2 atom stereocenters. The van der Waals surface area contributed by atoms with Gasteiger partial charge in [-0.3, -0.25) is 9.59 Å². The number of fused-ring (bicyclic) bond motifs is 1. The molecule has 1 aliphatic carbocycles. The molecule has 0 bridgehead atoms. The molecule has 1 saturated carbocycles. The molecule has 0 spiro atoms. The van der Waals surface area contributed by atoms with Crippen LogP contribution in [0.25, 0.3) is 11.1 Å². The van der Waals surface area contributed by atoms with Crippen LogP contribution in [-0.2, 0) is 27.4 Å². The number of carboxylic acids is 1. The third-order valence-electron chi connectivity index (χ3n) is 8.64. The highest BCUT2D eigenvalue weighted by molar-refractivity contribution is 5.96. The number of aryl methyl sites for hydroxylation is 1. The molecule has 1 heterocycles. The summed E-state index contributed by atoms with van der Waals surface area (Å²) in [6, 6.07) is 19.6. The Labute approximate surface area is 253 Å². The summed E-state index contributed by atoms with van der Waals surface area (Å²) in [7, 11) is 0. The standard InChI is InChI=1S/C35H40N2O6/c1-23-9-3-17-32(24(23)2)42-20-8-18-33(38)37-19-7-14-28-27(12-6-16-31(28)37)26-11-4-10-25(21-26)22-43-35(41)36-30-15-5-13-29(30)34(39)40/h3-4,6,9-12,16-17,21,29-30H,5,7-8,13-15,18-20,22H2,1-2H3,(H,36,41)(H,39,40)/t29-,30+/m1/s1. The van der Waals surface area contributed by atoms with Crippen LogP contribution in [0.5, 0.6) is 5.75 Å². The van der Waals surface area contributed by atoms with Crippen molar-refractivity contribution in [3.63, 3.8) is 0 Å². The monoisotopic (exact) mass is 584 g/mol. The molecule has 43 heavy (non-hydrogen) atoms. The van der Waals surface area contributed by atoms with Crippen LogP contribution in [0.3, 0.4) is 0 Å². The van der Waals surface area contributed by atoms with Crippen molar-refractivity contribution < 1.29 is 29.0 Å². The Hall–Kier alpha value is -4.33. The van der Waals surface area contributed by atoms with Crippen molar-refractivity contribution in [2.24, 2.45) is 5.92 Å². The van der Waals surface area contributed by atoms with Crippen molar-refractivity contribution in [2.45, 2.75) is 71.4 Å². The van der Waals surface area contributed by atoms with Gasteiger partial charge in [0.25, 0.3) is 0 Å². The first-order chi connectivity index (χ1) is 20.8. The van der Waals surface area contributed by atoms with Gasteiger partial charge in [-0.15, -0.1) is 0 Å². The van der Waals surface area contributed by atoms with Crippen LogP contribution in [0.4, 0.5) is 10.5 Å². The summed E-state index contributed by atoms with van der Waals surface area (Å²) >= 11 is 0. The SMILES string of the molecule is Cc1cccc(OCCCC(=O)N2CCCc3c(-c4cccc(COC(=O)N[C@H]5CCC[C@H]5C(=O)O)c4)cccc32)c1C. The third kappa shape index (κ3) is 7.19.